The first kappa shape index (κ1) is 16.6. The summed E-state index contributed by atoms with van der Waals surface area (Å²) in [4.78, 5) is 11.8. The van der Waals surface area contributed by atoms with Gasteiger partial charge in [0.15, 0.2) is 0 Å². The third kappa shape index (κ3) is 5.57. The number of halogens is 1. The fourth-order valence-electron chi connectivity index (χ4n) is 2.07. The minimum absolute atomic E-state index is 0.0830. The van der Waals surface area contributed by atoms with E-state index in [4.69, 9.17) is 16.3 Å². The Labute approximate surface area is 120 Å². The van der Waals surface area contributed by atoms with E-state index in [1.165, 1.54) is 0 Å². The lowest BCUT2D eigenvalue weighted by Gasteiger charge is -2.37. The predicted octanol–water partition coefficient (Wildman–Crippen LogP) is 2.09. The number of alkyl halides is 1. The SMILES string of the molecule is CC(C)(C)OC(=O)NC1(CCCl)CCS(=O)(=O)CC1. The van der Waals surface area contributed by atoms with E-state index in [0.717, 1.165) is 0 Å². The molecule has 5 nitrogen and oxygen atoms in total. The van der Waals surface area contributed by atoms with Gasteiger partial charge in [-0.15, -0.1) is 11.6 Å². The Bertz CT molecular complexity index is 414. The maximum absolute atomic E-state index is 11.8. The van der Waals surface area contributed by atoms with Gasteiger partial charge in [-0.2, -0.15) is 0 Å². The molecule has 0 aromatic carbocycles. The Balaban J connectivity index is 2.71. The number of carbonyl (C=O) groups is 1. The van der Waals surface area contributed by atoms with Gasteiger partial charge in [0.1, 0.15) is 15.4 Å². The van der Waals surface area contributed by atoms with Crippen LogP contribution in [0.4, 0.5) is 4.79 Å². The molecule has 0 spiro atoms. The minimum atomic E-state index is -2.98. The second-order valence-electron chi connectivity index (χ2n) is 6.00. The van der Waals surface area contributed by atoms with Crippen molar-refractivity contribution >= 4 is 27.5 Å². The molecular formula is C12H22ClNO4S. The zero-order valence-electron chi connectivity index (χ0n) is 11.7. The van der Waals surface area contributed by atoms with Crippen LogP contribution in [0.1, 0.15) is 40.0 Å². The Kier molecular flexibility index (Phi) is 5.12. The fraction of sp³-hybridized carbons (Fsp3) is 0.917. The topological polar surface area (TPSA) is 72.5 Å². The van der Waals surface area contributed by atoms with Crippen molar-refractivity contribution in [1.82, 2.24) is 5.32 Å². The van der Waals surface area contributed by atoms with Gasteiger partial charge in [-0.05, 0) is 40.0 Å². The fourth-order valence-corrected chi connectivity index (χ4v) is 4.04. The van der Waals surface area contributed by atoms with Gasteiger partial charge < -0.3 is 10.1 Å². The highest BCUT2D eigenvalue weighted by Gasteiger charge is 2.38. The molecule has 19 heavy (non-hydrogen) atoms. The summed E-state index contributed by atoms with van der Waals surface area (Å²) in [5.41, 5.74) is -1.14. The molecule has 0 aromatic heterocycles. The van der Waals surface area contributed by atoms with Crippen LogP contribution in [-0.4, -0.2) is 43.0 Å². The number of ether oxygens (including phenoxy) is 1. The Morgan fingerprint density at radius 2 is 1.84 bits per heavy atom. The Morgan fingerprint density at radius 3 is 2.26 bits per heavy atom. The second-order valence-corrected chi connectivity index (χ2v) is 8.68. The highest BCUT2D eigenvalue weighted by molar-refractivity contribution is 7.91. The lowest BCUT2D eigenvalue weighted by molar-refractivity contribution is 0.0442. The Hall–Kier alpha value is -0.490. The third-order valence-electron chi connectivity index (χ3n) is 3.12. The van der Waals surface area contributed by atoms with Crippen molar-refractivity contribution in [3.63, 3.8) is 0 Å². The van der Waals surface area contributed by atoms with Crippen molar-refractivity contribution in [2.75, 3.05) is 17.4 Å². The van der Waals surface area contributed by atoms with Crippen LogP contribution in [0.3, 0.4) is 0 Å². The van der Waals surface area contributed by atoms with Gasteiger partial charge in [-0.25, -0.2) is 13.2 Å². The molecule has 7 heteroatoms. The summed E-state index contributed by atoms with van der Waals surface area (Å²) in [7, 11) is -2.98. The highest BCUT2D eigenvalue weighted by atomic mass is 35.5. The first-order chi connectivity index (χ1) is 8.58. The summed E-state index contributed by atoms with van der Waals surface area (Å²) < 4.78 is 28.2. The van der Waals surface area contributed by atoms with Crippen LogP contribution in [0.25, 0.3) is 0 Å². The van der Waals surface area contributed by atoms with Crippen LogP contribution in [0.15, 0.2) is 0 Å². The molecule has 1 rings (SSSR count). The van der Waals surface area contributed by atoms with Crippen LogP contribution >= 0.6 is 11.6 Å². The molecular weight excluding hydrogens is 290 g/mol. The van der Waals surface area contributed by atoms with E-state index in [2.05, 4.69) is 5.32 Å². The van der Waals surface area contributed by atoms with Gasteiger partial charge in [-0.3, -0.25) is 0 Å². The van der Waals surface area contributed by atoms with Crippen LogP contribution in [0.5, 0.6) is 0 Å². The molecule has 1 aliphatic heterocycles. The van der Waals surface area contributed by atoms with Gasteiger partial charge in [0.2, 0.25) is 0 Å². The Morgan fingerprint density at radius 1 is 1.32 bits per heavy atom. The summed E-state index contributed by atoms with van der Waals surface area (Å²) >= 11 is 5.77. The molecule has 112 valence electrons. The quantitative estimate of drug-likeness (QED) is 0.810. The first-order valence-corrected chi connectivity index (χ1v) is 8.71. The summed E-state index contributed by atoms with van der Waals surface area (Å²) in [5.74, 6) is 0.537. The van der Waals surface area contributed by atoms with Crippen LogP contribution < -0.4 is 5.32 Å². The summed E-state index contributed by atoms with van der Waals surface area (Å²) in [6, 6.07) is 0. The van der Waals surface area contributed by atoms with E-state index >= 15 is 0 Å². The molecule has 1 fully saturated rings. The molecule has 0 unspecified atom stereocenters. The van der Waals surface area contributed by atoms with E-state index in [0.29, 0.717) is 25.1 Å². The lowest BCUT2D eigenvalue weighted by atomic mass is 9.89. The van der Waals surface area contributed by atoms with Gasteiger partial charge in [0.25, 0.3) is 0 Å². The molecule has 1 amide bonds. The maximum atomic E-state index is 11.8. The number of alkyl carbamates (subject to hydrolysis) is 1. The van der Waals surface area contributed by atoms with Crippen molar-refractivity contribution in [1.29, 1.82) is 0 Å². The van der Waals surface area contributed by atoms with E-state index in [1.807, 2.05) is 0 Å². The van der Waals surface area contributed by atoms with Crippen LogP contribution in [-0.2, 0) is 14.6 Å². The number of carbonyl (C=O) groups excluding carboxylic acids is 1. The van der Waals surface area contributed by atoms with Crippen molar-refractivity contribution < 1.29 is 17.9 Å². The number of rotatable bonds is 3. The number of sulfone groups is 1. The normalized spacial score (nSPS) is 21.7. The number of hydrogen-bond acceptors (Lipinski definition) is 4. The molecule has 1 N–H and O–H groups in total. The van der Waals surface area contributed by atoms with Gasteiger partial charge >= 0.3 is 6.09 Å². The number of nitrogens with one attached hydrogen (secondary N) is 1. The lowest BCUT2D eigenvalue weighted by Crippen LogP contribution is -2.54. The van der Waals surface area contributed by atoms with Crippen molar-refractivity contribution in [2.45, 2.75) is 51.2 Å². The van der Waals surface area contributed by atoms with Crippen molar-refractivity contribution in [2.24, 2.45) is 0 Å². The molecule has 0 bridgehead atoms. The summed E-state index contributed by atoms with van der Waals surface area (Å²) in [6.07, 6.45) is 0.809. The molecule has 0 aromatic rings. The average Bonchev–Trinajstić information content (AvgIpc) is 2.20. The van der Waals surface area contributed by atoms with Crippen LogP contribution in [0, 0.1) is 0 Å². The van der Waals surface area contributed by atoms with E-state index in [9.17, 15) is 13.2 Å². The molecule has 1 heterocycles. The number of amides is 1. The maximum Gasteiger partial charge on any atom is 0.408 e. The summed E-state index contributed by atoms with van der Waals surface area (Å²) in [5, 5.41) is 2.82. The first-order valence-electron chi connectivity index (χ1n) is 6.35. The van der Waals surface area contributed by atoms with E-state index in [1.54, 1.807) is 20.8 Å². The molecule has 0 radical (unpaired) electrons. The minimum Gasteiger partial charge on any atom is -0.444 e. The molecule has 0 saturated carbocycles. The predicted molar refractivity (Wildman–Crippen MR) is 75.3 cm³/mol. The van der Waals surface area contributed by atoms with Crippen molar-refractivity contribution in [3.8, 4) is 0 Å². The number of hydrogen-bond donors (Lipinski definition) is 1. The van der Waals surface area contributed by atoms with Crippen molar-refractivity contribution in [3.05, 3.63) is 0 Å². The largest absolute Gasteiger partial charge is 0.444 e. The summed E-state index contributed by atoms with van der Waals surface area (Å²) in [6.45, 7) is 5.35. The average molecular weight is 312 g/mol. The highest BCUT2D eigenvalue weighted by Crippen LogP contribution is 2.28. The zero-order chi connectivity index (χ0) is 14.7. The van der Waals surface area contributed by atoms with E-state index < -0.39 is 27.1 Å². The van der Waals surface area contributed by atoms with Gasteiger partial charge in [0.05, 0.1) is 11.5 Å². The van der Waals surface area contributed by atoms with Crippen LogP contribution in [0.2, 0.25) is 0 Å². The smallest absolute Gasteiger partial charge is 0.408 e. The molecule has 0 atom stereocenters. The zero-order valence-corrected chi connectivity index (χ0v) is 13.2. The molecule has 1 aliphatic rings. The third-order valence-corrected chi connectivity index (χ3v) is 4.96. The second kappa shape index (κ2) is 5.87. The monoisotopic (exact) mass is 311 g/mol. The van der Waals surface area contributed by atoms with Gasteiger partial charge in [0, 0.05) is 11.4 Å². The molecule has 1 saturated heterocycles. The van der Waals surface area contributed by atoms with E-state index in [-0.39, 0.29) is 11.5 Å². The standard InChI is InChI=1S/C12H22ClNO4S/c1-11(2,3)18-10(15)14-12(4-7-13)5-8-19(16,17)9-6-12/h4-9H2,1-3H3,(H,14,15). The van der Waals surface area contributed by atoms with Gasteiger partial charge in [-0.1, -0.05) is 0 Å². The molecule has 0 aliphatic carbocycles.